The van der Waals surface area contributed by atoms with Gasteiger partial charge in [-0.3, -0.25) is 4.79 Å². The van der Waals surface area contributed by atoms with Crippen LogP contribution in [0.3, 0.4) is 0 Å². The molecule has 1 aromatic rings. The van der Waals surface area contributed by atoms with E-state index in [1.807, 2.05) is 6.92 Å². The van der Waals surface area contributed by atoms with Crippen LogP contribution in [0.25, 0.3) is 0 Å². The summed E-state index contributed by atoms with van der Waals surface area (Å²) in [7, 11) is 0. The highest BCUT2D eigenvalue weighted by Crippen LogP contribution is 2.24. The predicted octanol–water partition coefficient (Wildman–Crippen LogP) is 3.71. The van der Waals surface area contributed by atoms with Gasteiger partial charge >= 0.3 is 0 Å². The number of phenols is 1. The fourth-order valence-electron chi connectivity index (χ4n) is 1.34. The van der Waals surface area contributed by atoms with Crippen molar-refractivity contribution >= 4 is 49.4 Å². The van der Waals surface area contributed by atoms with Gasteiger partial charge in [-0.05, 0) is 24.6 Å². The van der Waals surface area contributed by atoms with Crippen LogP contribution in [-0.4, -0.2) is 27.2 Å². The molecule has 2 N–H and O–H groups in total. The Balaban J connectivity index is 2.90. The molecule has 0 saturated carbocycles. The smallest absolute Gasteiger partial charge is 0.251 e. The van der Waals surface area contributed by atoms with Crippen molar-refractivity contribution in [1.82, 2.24) is 5.32 Å². The van der Waals surface area contributed by atoms with Gasteiger partial charge in [-0.1, -0.05) is 50.4 Å². The summed E-state index contributed by atoms with van der Waals surface area (Å²) in [6, 6.07) is 4.40. The summed E-state index contributed by atoms with van der Waals surface area (Å²) in [4.78, 5) is 12.1. The second kappa shape index (κ2) is 6.78. The third-order valence-corrected chi connectivity index (χ3v) is 5.23. The molecule has 0 saturated heterocycles. The summed E-state index contributed by atoms with van der Waals surface area (Å²) in [5, 5.41) is 13.8. The van der Waals surface area contributed by atoms with Gasteiger partial charge in [-0.25, -0.2) is 0 Å². The van der Waals surface area contributed by atoms with Gasteiger partial charge in [0.05, 0.1) is 10.6 Å². The highest BCUT2D eigenvalue weighted by Gasteiger charge is 2.28. The number of hydrogen-bond acceptors (Lipinski definition) is 2. The standard InChI is InChI=1S/C12H14Br2ClNO2/c1-2-12(6-13,7-14)16-11(18)8-3-4-10(17)9(15)5-8/h3-5,17H,2,6-7H2,1H3,(H,16,18). The Labute approximate surface area is 128 Å². The molecule has 6 heteroatoms. The number of hydrogen-bond donors (Lipinski definition) is 2. The monoisotopic (exact) mass is 397 g/mol. The van der Waals surface area contributed by atoms with Crippen LogP contribution in [0.1, 0.15) is 23.7 Å². The molecular formula is C12H14Br2ClNO2. The van der Waals surface area contributed by atoms with E-state index in [0.29, 0.717) is 16.2 Å². The molecule has 0 aliphatic rings. The van der Waals surface area contributed by atoms with Crippen LogP contribution in [-0.2, 0) is 0 Å². The number of alkyl halides is 2. The lowest BCUT2D eigenvalue weighted by molar-refractivity contribution is 0.0915. The van der Waals surface area contributed by atoms with Crippen molar-refractivity contribution in [2.24, 2.45) is 0 Å². The predicted molar refractivity (Wildman–Crippen MR) is 81.2 cm³/mol. The van der Waals surface area contributed by atoms with E-state index < -0.39 is 0 Å². The Morgan fingerprint density at radius 3 is 2.50 bits per heavy atom. The molecule has 3 nitrogen and oxygen atoms in total. The summed E-state index contributed by atoms with van der Waals surface area (Å²) in [5.74, 6) is -0.242. The number of phenolic OH excluding ortho intramolecular Hbond substituents is 1. The van der Waals surface area contributed by atoms with E-state index >= 15 is 0 Å². The third-order valence-electron chi connectivity index (χ3n) is 2.78. The Morgan fingerprint density at radius 2 is 2.06 bits per heavy atom. The third kappa shape index (κ3) is 3.62. The number of amides is 1. The lowest BCUT2D eigenvalue weighted by atomic mass is 10.0. The van der Waals surface area contributed by atoms with Crippen LogP contribution in [0.15, 0.2) is 18.2 Å². The molecule has 0 bridgehead atoms. The van der Waals surface area contributed by atoms with Crippen LogP contribution in [0.4, 0.5) is 0 Å². The summed E-state index contributed by atoms with van der Waals surface area (Å²) < 4.78 is 0. The van der Waals surface area contributed by atoms with Crippen LogP contribution in [0.2, 0.25) is 5.02 Å². The molecule has 0 aromatic heterocycles. The summed E-state index contributed by atoms with van der Waals surface area (Å²) in [6.07, 6.45) is 0.793. The van der Waals surface area contributed by atoms with Crippen LogP contribution in [0.5, 0.6) is 5.75 Å². The maximum absolute atomic E-state index is 12.1. The van der Waals surface area contributed by atoms with Crippen molar-refractivity contribution < 1.29 is 9.90 Å². The second-order valence-electron chi connectivity index (χ2n) is 4.02. The van der Waals surface area contributed by atoms with E-state index in [9.17, 15) is 9.90 Å². The molecular weight excluding hydrogens is 385 g/mol. The maximum Gasteiger partial charge on any atom is 0.251 e. The first-order chi connectivity index (χ1) is 8.48. The van der Waals surface area contributed by atoms with Gasteiger partial charge in [0.1, 0.15) is 5.75 Å². The molecule has 0 radical (unpaired) electrons. The molecule has 0 spiro atoms. The van der Waals surface area contributed by atoms with Gasteiger partial charge in [-0.2, -0.15) is 0 Å². The average molecular weight is 400 g/mol. The number of carbonyl (C=O) groups excluding carboxylic acids is 1. The van der Waals surface area contributed by atoms with Crippen molar-refractivity contribution in [2.75, 3.05) is 10.7 Å². The van der Waals surface area contributed by atoms with Crippen molar-refractivity contribution in [3.63, 3.8) is 0 Å². The Kier molecular flexibility index (Phi) is 5.95. The number of aromatic hydroxyl groups is 1. The minimum atomic E-state index is -0.332. The summed E-state index contributed by atoms with van der Waals surface area (Å²) >= 11 is 12.6. The summed E-state index contributed by atoms with van der Waals surface area (Å²) in [6.45, 7) is 2.01. The van der Waals surface area contributed by atoms with Gasteiger partial charge in [-0.15, -0.1) is 0 Å². The quantitative estimate of drug-likeness (QED) is 0.742. The zero-order chi connectivity index (χ0) is 13.8. The fourth-order valence-corrected chi connectivity index (χ4v) is 3.52. The second-order valence-corrected chi connectivity index (χ2v) is 5.55. The molecule has 0 unspecified atom stereocenters. The first kappa shape index (κ1) is 15.8. The maximum atomic E-state index is 12.1. The lowest BCUT2D eigenvalue weighted by Gasteiger charge is -2.30. The molecule has 1 aromatic carbocycles. The number of benzene rings is 1. The topological polar surface area (TPSA) is 49.3 Å². The van der Waals surface area contributed by atoms with Gasteiger partial charge in [0.25, 0.3) is 5.91 Å². The van der Waals surface area contributed by atoms with E-state index in [1.54, 1.807) is 6.07 Å². The molecule has 0 heterocycles. The van der Waals surface area contributed by atoms with Crippen LogP contribution < -0.4 is 5.32 Å². The average Bonchev–Trinajstić information content (AvgIpc) is 2.39. The zero-order valence-electron chi connectivity index (χ0n) is 9.84. The molecule has 100 valence electrons. The largest absolute Gasteiger partial charge is 0.506 e. The van der Waals surface area contributed by atoms with E-state index in [4.69, 9.17) is 11.6 Å². The Bertz CT molecular complexity index is 428. The molecule has 0 atom stereocenters. The Morgan fingerprint density at radius 1 is 1.44 bits per heavy atom. The summed E-state index contributed by atoms with van der Waals surface area (Å²) in [5.41, 5.74) is 0.0964. The first-order valence-corrected chi connectivity index (χ1v) is 8.03. The first-order valence-electron chi connectivity index (χ1n) is 5.41. The zero-order valence-corrected chi connectivity index (χ0v) is 13.8. The SMILES string of the molecule is CCC(CBr)(CBr)NC(=O)c1ccc(O)c(Cl)c1. The van der Waals surface area contributed by atoms with E-state index in [2.05, 4.69) is 37.2 Å². The van der Waals surface area contributed by atoms with Crippen molar-refractivity contribution in [2.45, 2.75) is 18.9 Å². The molecule has 18 heavy (non-hydrogen) atoms. The van der Waals surface area contributed by atoms with E-state index in [-0.39, 0.29) is 22.2 Å². The van der Waals surface area contributed by atoms with Crippen LogP contribution in [0, 0.1) is 0 Å². The van der Waals surface area contributed by atoms with Crippen molar-refractivity contribution in [3.8, 4) is 5.75 Å². The molecule has 0 aliphatic heterocycles. The van der Waals surface area contributed by atoms with Crippen molar-refractivity contribution in [3.05, 3.63) is 28.8 Å². The fraction of sp³-hybridized carbons (Fsp3) is 0.417. The van der Waals surface area contributed by atoms with Gasteiger partial charge in [0.2, 0.25) is 0 Å². The highest BCUT2D eigenvalue weighted by molar-refractivity contribution is 9.09. The van der Waals surface area contributed by atoms with E-state index in [1.165, 1.54) is 12.1 Å². The van der Waals surface area contributed by atoms with Gasteiger partial charge in [0.15, 0.2) is 0 Å². The lowest BCUT2D eigenvalue weighted by Crippen LogP contribution is -2.51. The normalized spacial score (nSPS) is 11.3. The molecule has 0 fully saturated rings. The number of halogens is 3. The molecule has 0 aliphatic carbocycles. The van der Waals surface area contributed by atoms with Crippen molar-refractivity contribution in [1.29, 1.82) is 0 Å². The van der Waals surface area contributed by atoms with Crippen LogP contribution >= 0.6 is 43.5 Å². The van der Waals surface area contributed by atoms with E-state index in [0.717, 1.165) is 6.42 Å². The minimum absolute atomic E-state index is 0.0315. The highest BCUT2D eigenvalue weighted by atomic mass is 79.9. The molecule has 1 amide bonds. The van der Waals surface area contributed by atoms with Gasteiger partial charge < -0.3 is 10.4 Å². The van der Waals surface area contributed by atoms with Gasteiger partial charge in [0, 0.05) is 16.2 Å². The number of nitrogens with one attached hydrogen (secondary N) is 1. The number of carbonyl (C=O) groups is 1. The Hall–Kier alpha value is -0.260. The molecule has 1 rings (SSSR count). The number of rotatable bonds is 5. The minimum Gasteiger partial charge on any atom is -0.506 e.